The van der Waals surface area contributed by atoms with E-state index < -0.39 is 0 Å². The Morgan fingerprint density at radius 2 is 1.89 bits per heavy atom. The van der Waals surface area contributed by atoms with Crippen molar-refractivity contribution in [3.63, 3.8) is 0 Å². The van der Waals surface area contributed by atoms with Crippen LogP contribution in [0.25, 0.3) is 0 Å². The molecule has 0 atom stereocenters. The van der Waals surface area contributed by atoms with Gasteiger partial charge in [-0.05, 0) is 17.7 Å². The fourth-order valence-corrected chi connectivity index (χ4v) is 1.44. The van der Waals surface area contributed by atoms with Crippen LogP contribution < -0.4 is 10.6 Å². The third-order valence-electron chi connectivity index (χ3n) is 2.38. The largest absolute Gasteiger partial charge is 0.383 e. The summed E-state index contributed by atoms with van der Waals surface area (Å²) in [6, 6.07) is 5.95. The smallest absolute Gasteiger partial charge is 0.224 e. The third-order valence-corrected chi connectivity index (χ3v) is 2.38. The summed E-state index contributed by atoms with van der Waals surface area (Å²) in [6.07, 6.45) is 0.276. The molecule has 19 heavy (non-hydrogen) atoms. The molecule has 0 unspecified atom stereocenters. The second-order valence-corrected chi connectivity index (χ2v) is 3.90. The van der Waals surface area contributed by atoms with Crippen molar-refractivity contribution in [3.8, 4) is 0 Å². The first-order chi connectivity index (χ1) is 8.72. The Bertz CT molecular complexity index is 360. The van der Waals surface area contributed by atoms with Gasteiger partial charge >= 0.3 is 0 Å². The van der Waals surface area contributed by atoms with Crippen molar-refractivity contribution < 1.29 is 13.9 Å². The summed E-state index contributed by atoms with van der Waals surface area (Å²) < 4.78 is 17.5. The molecular formula is C13H20ClFN2O2. The van der Waals surface area contributed by atoms with Gasteiger partial charge in [0.15, 0.2) is 0 Å². The normalized spacial score (nSPS) is 9.79. The molecule has 1 rings (SSSR count). The van der Waals surface area contributed by atoms with Crippen molar-refractivity contribution >= 4 is 18.3 Å². The van der Waals surface area contributed by atoms with Crippen LogP contribution in [-0.2, 0) is 16.0 Å². The van der Waals surface area contributed by atoms with Crippen LogP contribution in [-0.4, -0.2) is 39.3 Å². The maximum atomic E-state index is 12.7. The Balaban J connectivity index is 0.00000324. The maximum absolute atomic E-state index is 12.7. The van der Waals surface area contributed by atoms with Gasteiger partial charge < -0.3 is 15.4 Å². The van der Waals surface area contributed by atoms with E-state index in [1.807, 2.05) is 0 Å². The number of nitrogens with one attached hydrogen (secondary N) is 2. The van der Waals surface area contributed by atoms with E-state index in [2.05, 4.69) is 10.6 Å². The lowest BCUT2D eigenvalue weighted by molar-refractivity contribution is -0.120. The molecule has 0 radical (unpaired) electrons. The summed E-state index contributed by atoms with van der Waals surface area (Å²) in [6.45, 7) is 2.70. The van der Waals surface area contributed by atoms with Crippen LogP contribution in [0.1, 0.15) is 5.56 Å². The number of hydrogen-bond acceptors (Lipinski definition) is 3. The minimum absolute atomic E-state index is 0. The zero-order valence-electron chi connectivity index (χ0n) is 10.9. The van der Waals surface area contributed by atoms with Crippen LogP contribution in [0.15, 0.2) is 24.3 Å². The number of rotatable bonds is 8. The summed E-state index contributed by atoms with van der Waals surface area (Å²) in [5.41, 5.74) is 0.807. The maximum Gasteiger partial charge on any atom is 0.224 e. The van der Waals surface area contributed by atoms with Crippen LogP contribution in [0.3, 0.4) is 0 Å². The average molecular weight is 291 g/mol. The first-order valence-corrected chi connectivity index (χ1v) is 5.93. The number of amides is 1. The lowest BCUT2D eigenvalue weighted by atomic mass is 10.1. The van der Waals surface area contributed by atoms with Gasteiger partial charge in [0, 0.05) is 26.7 Å². The van der Waals surface area contributed by atoms with Gasteiger partial charge in [0.2, 0.25) is 5.91 Å². The molecule has 1 amide bonds. The van der Waals surface area contributed by atoms with Gasteiger partial charge in [0.1, 0.15) is 5.82 Å². The fourth-order valence-electron chi connectivity index (χ4n) is 1.44. The second kappa shape index (κ2) is 10.7. The topological polar surface area (TPSA) is 50.4 Å². The Kier molecular flexibility index (Phi) is 10.1. The van der Waals surface area contributed by atoms with Gasteiger partial charge in [-0.2, -0.15) is 0 Å². The lowest BCUT2D eigenvalue weighted by Crippen LogP contribution is -2.33. The molecular weight excluding hydrogens is 271 g/mol. The van der Waals surface area contributed by atoms with E-state index in [1.54, 1.807) is 19.2 Å². The molecule has 0 aliphatic heterocycles. The van der Waals surface area contributed by atoms with E-state index in [4.69, 9.17) is 4.74 Å². The highest BCUT2D eigenvalue weighted by Crippen LogP contribution is 2.03. The van der Waals surface area contributed by atoms with Gasteiger partial charge in [-0.1, -0.05) is 12.1 Å². The number of benzene rings is 1. The van der Waals surface area contributed by atoms with Crippen LogP contribution in [0.2, 0.25) is 0 Å². The highest BCUT2D eigenvalue weighted by atomic mass is 35.5. The van der Waals surface area contributed by atoms with Gasteiger partial charge in [-0.15, -0.1) is 12.4 Å². The number of ether oxygens (including phenoxy) is 1. The lowest BCUT2D eigenvalue weighted by Gasteiger charge is -2.06. The molecule has 0 heterocycles. The highest BCUT2D eigenvalue weighted by Gasteiger charge is 2.02. The number of halogens is 2. The van der Waals surface area contributed by atoms with Crippen molar-refractivity contribution in [2.75, 3.05) is 33.4 Å². The van der Waals surface area contributed by atoms with E-state index in [9.17, 15) is 9.18 Å². The first kappa shape index (κ1) is 17.8. The summed E-state index contributed by atoms with van der Waals surface area (Å²) in [5, 5.41) is 5.91. The molecule has 2 N–H and O–H groups in total. The van der Waals surface area contributed by atoms with Crippen LogP contribution >= 0.6 is 12.4 Å². The third kappa shape index (κ3) is 8.53. The Morgan fingerprint density at radius 3 is 2.53 bits per heavy atom. The van der Waals surface area contributed by atoms with Crippen molar-refractivity contribution in [3.05, 3.63) is 35.6 Å². The molecule has 0 fully saturated rings. The van der Waals surface area contributed by atoms with E-state index in [0.717, 1.165) is 12.1 Å². The molecule has 108 valence electrons. The van der Waals surface area contributed by atoms with Crippen molar-refractivity contribution in [2.24, 2.45) is 0 Å². The van der Waals surface area contributed by atoms with Gasteiger partial charge in [0.25, 0.3) is 0 Å². The molecule has 0 saturated carbocycles. The average Bonchev–Trinajstić information content (AvgIpc) is 2.36. The summed E-state index contributed by atoms with van der Waals surface area (Å²) in [5.74, 6) is -0.350. The minimum Gasteiger partial charge on any atom is -0.383 e. The quantitative estimate of drug-likeness (QED) is 0.706. The summed E-state index contributed by atoms with van der Waals surface area (Å²) in [4.78, 5) is 11.5. The molecule has 0 saturated heterocycles. The zero-order valence-corrected chi connectivity index (χ0v) is 11.8. The van der Waals surface area contributed by atoms with Crippen molar-refractivity contribution in [2.45, 2.75) is 6.42 Å². The Morgan fingerprint density at radius 1 is 1.21 bits per heavy atom. The first-order valence-electron chi connectivity index (χ1n) is 5.93. The number of methoxy groups -OCH3 is 1. The molecule has 0 spiro atoms. The number of hydrogen-bond donors (Lipinski definition) is 2. The molecule has 4 nitrogen and oxygen atoms in total. The molecule has 1 aromatic rings. The van der Waals surface area contributed by atoms with E-state index >= 15 is 0 Å². The Hall–Kier alpha value is -1.17. The summed E-state index contributed by atoms with van der Waals surface area (Å²) in [7, 11) is 1.64. The molecule has 0 aromatic heterocycles. The van der Waals surface area contributed by atoms with E-state index in [0.29, 0.717) is 19.7 Å². The molecule has 0 aliphatic rings. The highest BCUT2D eigenvalue weighted by molar-refractivity contribution is 5.85. The molecule has 1 aromatic carbocycles. The number of carbonyl (C=O) groups is 1. The summed E-state index contributed by atoms with van der Waals surface area (Å²) >= 11 is 0. The van der Waals surface area contributed by atoms with E-state index in [1.165, 1.54) is 12.1 Å². The predicted octanol–water partition coefficient (Wildman–Crippen LogP) is 1.14. The number of carbonyl (C=O) groups excluding carboxylic acids is 1. The van der Waals surface area contributed by atoms with Crippen LogP contribution in [0.5, 0.6) is 0 Å². The van der Waals surface area contributed by atoms with Crippen LogP contribution in [0.4, 0.5) is 4.39 Å². The van der Waals surface area contributed by atoms with Gasteiger partial charge in [-0.25, -0.2) is 4.39 Å². The molecule has 0 bridgehead atoms. The SMILES string of the molecule is COCCNCCNC(=O)Cc1ccc(F)cc1.Cl. The van der Waals surface area contributed by atoms with Gasteiger partial charge in [-0.3, -0.25) is 4.79 Å². The predicted molar refractivity (Wildman–Crippen MR) is 75.1 cm³/mol. The molecule has 6 heteroatoms. The zero-order chi connectivity index (χ0) is 13.2. The minimum atomic E-state index is -0.290. The standard InChI is InChI=1S/C13H19FN2O2.ClH/c1-18-9-8-15-6-7-16-13(17)10-11-2-4-12(14)5-3-11;/h2-5,15H,6-10H2,1H3,(H,16,17);1H. The monoisotopic (exact) mass is 290 g/mol. The van der Waals surface area contributed by atoms with E-state index in [-0.39, 0.29) is 30.6 Å². The molecule has 0 aliphatic carbocycles. The van der Waals surface area contributed by atoms with Crippen molar-refractivity contribution in [1.82, 2.24) is 10.6 Å². The van der Waals surface area contributed by atoms with Gasteiger partial charge in [0.05, 0.1) is 13.0 Å². The van der Waals surface area contributed by atoms with Crippen LogP contribution in [0, 0.1) is 5.82 Å². The Labute approximate surface area is 119 Å². The second-order valence-electron chi connectivity index (χ2n) is 3.90. The van der Waals surface area contributed by atoms with Crippen molar-refractivity contribution in [1.29, 1.82) is 0 Å². The fraction of sp³-hybridized carbons (Fsp3) is 0.462.